The van der Waals surface area contributed by atoms with E-state index < -0.39 is 16.4 Å². The summed E-state index contributed by atoms with van der Waals surface area (Å²) in [5, 5.41) is 0. The quantitative estimate of drug-likeness (QED) is 0.204. The molecule has 0 bridgehead atoms. The number of rotatable bonds is 9. The highest BCUT2D eigenvalue weighted by molar-refractivity contribution is 14.1. The minimum absolute atomic E-state index is 0.175. The minimum atomic E-state index is -1.58. The van der Waals surface area contributed by atoms with Gasteiger partial charge in [0.25, 0.3) is 0 Å². The summed E-state index contributed by atoms with van der Waals surface area (Å²) in [5.41, 5.74) is 1.38. The first-order valence-electron chi connectivity index (χ1n) is 8.80. The second kappa shape index (κ2) is 11.7. The second-order valence-corrected chi connectivity index (χ2v) is 18.3. The van der Waals surface area contributed by atoms with Crippen molar-refractivity contribution in [2.45, 2.75) is 84.0 Å². The third-order valence-corrected chi connectivity index (χ3v) is 11.1. The van der Waals surface area contributed by atoms with E-state index in [1.165, 1.54) is 23.7 Å². The average Bonchev–Trinajstić information content (AvgIpc) is 2.50. The lowest BCUT2D eigenvalue weighted by molar-refractivity contribution is 0.233. The monoisotopic (exact) mass is 462 g/mol. The van der Waals surface area contributed by atoms with Crippen LogP contribution in [0.25, 0.3) is 0 Å². The first-order valence-corrected chi connectivity index (χ1v) is 16.3. The van der Waals surface area contributed by atoms with E-state index in [4.69, 9.17) is 4.43 Å². The molecule has 4 heteroatoms. The molecule has 1 nitrogen and oxygen atoms in total. The maximum atomic E-state index is 6.65. The summed E-state index contributed by atoms with van der Waals surface area (Å²) in [5.74, 6) is 6.54. The van der Waals surface area contributed by atoms with Crippen LogP contribution in [0.15, 0.2) is 21.8 Å². The highest BCUT2D eigenvalue weighted by Gasteiger charge is 2.31. The van der Waals surface area contributed by atoms with Crippen molar-refractivity contribution in [2.24, 2.45) is 0 Å². The van der Waals surface area contributed by atoms with Crippen LogP contribution in [0.2, 0.25) is 43.8 Å². The molecule has 0 unspecified atom stereocenters. The van der Waals surface area contributed by atoms with E-state index in [2.05, 4.69) is 91.9 Å². The molecule has 0 radical (unpaired) electrons. The van der Waals surface area contributed by atoms with Crippen LogP contribution < -0.4 is 0 Å². The van der Waals surface area contributed by atoms with E-state index >= 15 is 0 Å². The zero-order valence-electron chi connectivity index (χ0n) is 16.1. The Morgan fingerprint density at radius 1 is 1.13 bits per heavy atom. The normalized spacial score (nSPS) is 14.7. The summed E-state index contributed by atoms with van der Waals surface area (Å²) >= 11 is 2.32. The van der Waals surface area contributed by atoms with Gasteiger partial charge in [0.1, 0.15) is 0 Å². The molecule has 23 heavy (non-hydrogen) atoms. The van der Waals surface area contributed by atoms with Crippen LogP contribution in [-0.4, -0.2) is 22.5 Å². The molecule has 0 fully saturated rings. The van der Waals surface area contributed by atoms with Gasteiger partial charge < -0.3 is 4.43 Å². The second-order valence-electron chi connectivity index (χ2n) is 7.48. The van der Waals surface area contributed by atoms with E-state index in [1.54, 1.807) is 0 Å². The zero-order valence-corrected chi connectivity index (χ0v) is 20.3. The summed E-state index contributed by atoms with van der Waals surface area (Å²) < 4.78 is 8.81. The van der Waals surface area contributed by atoms with E-state index in [-0.39, 0.29) is 6.10 Å². The molecular weight excluding hydrogens is 427 g/mol. The highest BCUT2D eigenvalue weighted by atomic mass is 127. The van der Waals surface area contributed by atoms with Gasteiger partial charge in [0.15, 0.2) is 8.32 Å². The van der Waals surface area contributed by atoms with Gasteiger partial charge in [0, 0.05) is 6.04 Å². The van der Waals surface area contributed by atoms with Crippen LogP contribution in [0.3, 0.4) is 0 Å². The summed E-state index contributed by atoms with van der Waals surface area (Å²) in [6.45, 7) is 16.1. The fourth-order valence-corrected chi connectivity index (χ4v) is 6.05. The van der Waals surface area contributed by atoms with Crippen molar-refractivity contribution in [1.29, 1.82) is 0 Å². The third-order valence-electron chi connectivity index (χ3n) is 4.16. The zero-order chi connectivity index (χ0) is 17.9. The molecule has 0 aromatic rings. The topological polar surface area (TPSA) is 9.23 Å². The van der Waals surface area contributed by atoms with E-state index in [1.807, 2.05) is 6.08 Å². The number of halogens is 1. The first kappa shape index (κ1) is 23.2. The van der Waals surface area contributed by atoms with Crippen LogP contribution in [-0.2, 0) is 4.43 Å². The number of hydrogen-bond donors (Lipinski definition) is 0. The van der Waals surface area contributed by atoms with E-state index in [9.17, 15) is 0 Å². The fraction of sp³-hybridized carbons (Fsp3) is 0.684. The Morgan fingerprint density at radius 2 is 1.70 bits per heavy atom. The van der Waals surface area contributed by atoms with Crippen molar-refractivity contribution in [3.05, 3.63) is 21.8 Å². The molecule has 0 aromatic heterocycles. The lowest BCUT2D eigenvalue weighted by Crippen LogP contribution is -2.39. The van der Waals surface area contributed by atoms with Gasteiger partial charge in [-0.15, -0.1) is 5.92 Å². The SMILES string of the molecule is CC[Si](CC)(CC)O[C@@H](/C=C/C#CC[Si](C)(C)C)C/C(C)=C/I. The Kier molecular flexibility index (Phi) is 11.8. The van der Waals surface area contributed by atoms with Gasteiger partial charge >= 0.3 is 0 Å². The Labute approximate surface area is 160 Å². The molecule has 0 rings (SSSR count). The lowest BCUT2D eigenvalue weighted by Gasteiger charge is -2.32. The molecule has 0 aliphatic rings. The standard InChI is InChI=1S/C19H35IOSi2/c1-8-23(9-2,10-3)21-19(16-18(4)17-20)14-12-11-13-15-22(5,6)7/h12,14,17,19H,8-10,15-16H2,1-7H3/b14-12+,18-17+/t19-/m0/s1. The van der Waals surface area contributed by atoms with Gasteiger partial charge in [-0.3, -0.25) is 0 Å². The van der Waals surface area contributed by atoms with E-state index in [0.717, 1.165) is 12.5 Å². The largest absolute Gasteiger partial charge is 0.410 e. The molecular formula is C19H35IOSi2. The first-order chi connectivity index (χ1) is 10.7. The van der Waals surface area contributed by atoms with Gasteiger partial charge in [-0.1, -0.05) is 74.5 Å². The van der Waals surface area contributed by atoms with Gasteiger partial charge in [-0.25, -0.2) is 0 Å². The Balaban J connectivity index is 5.01. The predicted molar refractivity (Wildman–Crippen MR) is 120 cm³/mol. The molecule has 132 valence electrons. The van der Waals surface area contributed by atoms with Crippen molar-refractivity contribution in [3.8, 4) is 11.8 Å². The van der Waals surface area contributed by atoms with E-state index in [0.29, 0.717) is 0 Å². The van der Waals surface area contributed by atoms with Crippen molar-refractivity contribution < 1.29 is 4.43 Å². The summed E-state index contributed by atoms with van der Waals surface area (Å²) in [7, 11) is -2.64. The molecule has 0 heterocycles. The molecule has 0 spiro atoms. The Morgan fingerprint density at radius 3 is 2.13 bits per heavy atom. The van der Waals surface area contributed by atoms with Crippen LogP contribution in [0.4, 0.5) is 0 Å². The van der Waals surface area contributed by atoms with Gasteiger partial charge in [0.05, 0.1) is 14.2 Å². The fourth-order valence-electron chi connectivity index (χ4n) is 2.36. The average molecular weight is 463 g/mol. The van der Waals surface area contributed by atoms with Crippen LogP contribution >= 0.6 is 22.6 Å². The van der Waals surface area contributed by atoms with Crippen LogP contribution in [0.5, 0.6) is 0 Å². The summed E-state index contributed by atoms with van der Waals surface area (Å²) in [6.07, 6.45) is 5.35. The minimum Gasteiger partial charge on any atom is -0.410 e. The third kappa shape index (κ3) is 10.6. The molecule has 0 N–H and O–H groups in total. The molecule has 1 atom stereocenters. The van der Waals surface area contributed by atoms with Crippen molar-refractivity contribution in [1.82, 2.24) is 0 Å². The molecule has 0 aliphatic carbocycles. The maximum Gasteiger partial charge on any atom is 0.192 e. The van der Waals surface area contributed by atoms with Crippen LogP contribution in [0.1, 0.15) is 34.1 Å². The van der Waals surface area contributed by atoms with Gasteiger partial charge in [0.2, 0.25) is 0 Å². The van der Waals surface area contributed by atoms with Crippen molar-refractivity contribution >= 4 is 39.0 Å². The molecule has 0 saturated heterocycles. The lowest BCUT2D eigenvalue weighted by atomic mass is 10.1. The summed E-state index contributed by atoms with van der Waals surface area (Å²) in [4.78, 5) is 0. The molecule has 0 amide bonds. The van der Waals surface area contributed by atoms with Crippen LogP contribution in [0, 0.1) is 11.8 Å². The highest BCUT2D eigenvalue weighted by Crippen LogP contribution is 2.26. The number of allylic oxidation sites excluding steroid dienone is 1. The van der Waals surface area contributed by atoms with Crippen molar-refractivity contribution in [2.75, 3.05) is 0 Å². The van der Waals surface area contributed by atoms with Gasteiger partial charge in [-0.05, 0) is 47.7 Å². The predicted octanol–water partition coefficient (Wildman–Crippen LogP) is 7.00. The molecule has 0 aliphatic heterocycles. The molecule has 0 aromatic carbocycles. The molecule has 0 saturated carbocycles. The Hall–Kier alpha value is 0.164. The Bertz CT molecular complexity index is 440. The summed E-state index contributed by atoms with van der Waals surface area (Å²) in [6, 6.07) is 4.64. The van der Waals surface area contributed by atoms with Crippen molar-refractivity contribution in [3.63, 3.8) is 0 Å². The number of hydrogen-bond acceptors (Lipinski definition) is 1. The smallest absolute Gasteiger partial charge is 0.192 e. The maximum absolute atomic E-state index is 6.65. The van der Waals surface area contributed by atoms with Gasteiger partial charge in [-0.2, -0.15) is 0 Å².